The SMILES string of the molecule is CCCCCCCCC=CC=CCCCCCCCCCCCCCCCCCCCCCC(=O)OC(CO)CO. The molecule has 0 bridgehead atoms. The van der Waals surface area contributed by atoms with Crippen LogP contribution in [0.25, 0.3) is 0 Å². The van der Waals surface area contributed by atoms with Gasteiger partial charge in [-0.05, 0) is 32.1 Å². The number of esters is 1. The third kappa shape index (κ3) is 33.2. The Labute approximate surface area is 255 Å². The molecule has 0 saturated heterocycles. The van der Waals surface area contributed by atoms with Gasteiger partial charge in [-0.2, -0.15) is 0 Å². The van der Waals surface area contributed by atoms with Gasteiger partial charge in [-0.25, -0.2) is 0 Å². The maximum absolute atomic E-state index is 11.6. The van der Waals surface area contributed by atoms with Crippen LogP contribution in [0.1, 0.15) is 187 Å². The molecule has 0 heterocycles. The van der Waals surface area contributed by atoms with Crippen LogP contribution in [0.5, 0.6) is 0 Å². The van der Waals surface area contributed by atoms with Crippen molar-refractivity contribution in [1.82, 2.24) is 0 Å². The second-order valence-electron chi connectivity index (χ2n) is 12.1. The highest BCUT2D eigenvalue weighted by Gasteiger charge is 2.11. The Hall–Kier alpha value is -1.13. The molecule has 0 aromatic heterocycles. The van der Waals surface area contributed by atoms with Gasteiger partial charge in [0.05, 0.1) is 13.2 Å². The van der Waals surface area contributed by atoms with Gasteiger partial charge < -0.3 is 14.9 Å². The number of hydrogen-bond donors (Lipinski definition) is 2. The molecule has 242 valence electrons. The monoisotopic (exact) mass is 579 g/mol. The minimum atomic E-state index is -0.766. The van der Waals surface area contributed by atoms with Crippen LogP contribution in [0.3, 0.4) is 0 Å². The minimum absolute atomic E-state index is 0.315. The smallest absolute Gasteiger partial charge is 0.306 e. The summed E-state index contributed by atoms with van der Waals surface area (Å²) in [5.41, 5.74) is 0. The topological polar surface area (TPSA) is 66.8 Å². The first-order valence-electron chi connectivity index (χ1n) is 18.0. The Morgan fingerprint density at radius 1 is 0.512 bits per heavy atom. The first-order chi connectivity index (χ1) is 20.2. The lowest BCUT2D eigenvalue weighted by atomic mass is 10.0. The molecule has 0 aliphatic heterocycles. The predicted molar refractivity (Wildman–Crippen MR) is 177 cm³/mol. The van der Waals surface area contributed by atoms with Crippen molar-refractivity contribution in [2.45, 2.75) is 193 Å². The molecule has 0 aliphatic carbocycles. The van der Waals surface area contributed by atoms with E-state index in [4.69, 9.17) is 14.9 Å². The van der Waals surface area contributed by atoms with Crippen LogP contribution < -0.4 is 0 Å². The number of aliphatic hydroxyl groups excluding tert-OH is 2. The number of aliphatic hydroxyl groups is 2. The zero-order valence-electron chi connectivity index (χ0n) is 27.3. The molecule has 0 aliphatic rings. The molecule has 0 amide bonds. The maximum atomic E-state index is 11.6. The molecule has 0 fully saturated rings. The molecule has 0 rings (SSSR count). The fraction of sp³-hybridized carbons (Fsp3) is 0.865. The first-order valence-corrected chi connectivity index (χ1v) is 18.0. The summed E-state index contributed by atoms with van der Waals surface area (Å²) in [7, 11) is 0. The second-order valence-corrected chi connectivity index (χ2v) is 12.1. The second kappa shape index (κ2) is 35.1. The molecule has 4 heteroatoms. The standard InChI is InChI=1S/C37H70O4/c1-2-3-4-5-6-7-8-9-10-11-12-13-14-15-16-17-18-19-20-21-22-23-24-25-26-27-28-29-30-31-32-33-37(40)41-36(34-38)35-39/h9-12,36,38-39H,2-8,13-35H2,1H3. The van der Waals surface area contributed by atoms with Crippen LogP contribution in [0, 0.1) is 0 Å². The lowest BCUT2D eigenvalue weighted by Crippen LogP contribution is -2.25. The van der Waals surface area contributed by atoms with Crippen molar-refractivity contribution in [2.75, 3.05) is 13.2 Å². The molecular weight excluding hydrogens is 508 g/mol. The van der Waals surface area contributed by atoms with Gasteiger partial charge in [0.1, 0.15) is 6.10 Å². The van der Waals surface area contributed by atoms with Gasteiger partial charge in [0.25, 0.3) is 0 Å². The lowest BCUT2D eigenvalue weighted by molar-refractivity contribution is -0.153. The number of ether oxygens (including phenoxy) is 1. The van der Waals surface area contributed by atoms with Gasteiger partial charge in [-0.3, -0.25) is 4.79 Å². The van der Waals surface area contributed by atoms with E-state index in [2.05, 4.69) is 31.2 Å². The highest BCUT2D eigenvalue weighted by Crippen LogP contribution is 2.15. The van der Waals surface area contributed by atoms with Crippen molar-refractivity contribution in [1.29, 1.82) is 0 Å². The van der Waals surface area contributed by atoms with Crippen LogP contribution in [0.2, 0.25) is 0 Å². The Morgan fingerprint density at radius 3 is 1.17 bits per heavy atom. The van der Waals surface area contributed by atoms with Gasteiger partial charge in [-0.15, -0.1) is 0 Å². The molecule has 0 saturated carbocycles. The van der Waals surface area contributed by atoms with E-state index in [1.807, 2.05) is 0 Å². The van der Waals surface area contributed by atoms with Crippen molar-refractivity contribution < 1.29 is 19.7 Å². The van der Waals surface area contributed by atoms with Crippen LogP contribution in [0.4, 0.5) is 0 Å². The van der Waals surface area contributed by atoms with Gasteiger partial charge >= 0.3 is 5.97 Å². The van der Waals surface area contributed by atoms with E-state index in [-0.39, 0.29) is 19.2 Å². The van der Waals surface area contributed by atoms with Gasteiger partial charge in [0.2, 0.25) is 0 Å². The summed E-state index contributed by atoms with van der Waals surface area (Å²) in [4.78, 5) is 11.6. The molecule has 2 N–H and O–H groups in total. The molecule has 0 unspecified atom stereocenters. The Kier molecular flexibility index (Phi) is 34.1. The van der Waals surface area contributed by atoms with E-state index in [1.165, 1.54) is 161 Å². The zero-order chi connectivity index (χ0) is 29.9. The summed E-state index contributed by atoms with van der Waals surface area (Å²) >= 11 is 0. The highest BCUT2D eigenvalue weighted by molar-refractivity contribution is 5.69. The summed E-state index contributed by atoms with van der Waals surface area (Å²) < 4.78 is 4.97. The van der Waals surface area contributed by atoms with Crippen LogP contribution in [-0.2, 0) is 9.53 Å². The molecule has 0 atom stereocenters. The van der Waals surface area contributed by atoms with Crippen molar-refractivity contribution >= 4 is 5.97 Å². The number of rotatable bonds is 33. The van der Waals surface area contributed by atoms with E-state index in [9.17, 15) is 4.79 Å². The highest BCUT2D eigenvalue weighted by atomic mass is 16.6. The van der Waals surface area contributed by atoms with Crippen LogP contribution in [0.15, 0.2) is 24.3 Å². The fourth-order valence-electron chi connectivity index (χ4n) is 5.31. The van der Waals surface area contributed by atoms with E-state index in [1.54, 1.807) is 0 Å². The number of carbonyl (C=O) groups is 1. The normalized spacial score (nSPS) is 11.9. The molecule has 41 heavy (non-hydrogen) atoms. The Balaban J connectivity index is 3.19. The summed E-state index contributed by atoms with van der Waals surface area (Å²) in [5, 5.41) is 17.8. The number of hydrogen-bond acceptors (Lipinski definition) is 4. The molecule has 0 aromatic rings. The molecule has 0 radical (unpaired) electrons. The first kappa shape index (κ1) is 39.9. The van der Waals surface area contributed by atoms with Crippen molar-refractivity contribution in [3.05, 3.63) is 24.3 Å². The van der Waals surface area contributed by atoms with Gasteiger partial charge in [0.15, 0.2) is 0 Å². The summed E-state index contributed by atoms with van der Waals surface area (Å²) in [6.07, 6.45) is 44.8. The molecule has 4 nitrogen and oxygen atoms in total. The van der Waals surface area contributed by atoms with Crippen molar-refractivity contribution in [3.63, 3.8) is 0 Å². The minimum Gasteiger partial charge on any atom is -0.457 e. The molecule has 0 aromatic carbocycles. The van der Waals surface area contributed by atoms with E-state index >= 15 is 0 Å². The van der Waals surface area contributed by atoms with E-state index in [0.29, 0.717) is 6.42 Å². The Bertz CT molecular complexity index is 567. The van der Waals surface area contributed by atoms with Gasteiger partial charge in [-0.1, -0.05) is 172 Å². The summed E-state index contributed by atoms with van der Waals surface area (Å²) in [6, 6.07) is 0. The number of allylic oxidation sites excluding steroid dienone is 4. The number of unbranched alkanes of at least 4 members (excludes halogenated alkanes) is 25. The fourth-order valence-corrected chi connectivity index (χ4v) is 5.31. The third-order valence-corrected chi connectivity index (χ3v) is 8.06. The van der Waals surface area contributed by atoms with Gasteiger partial charge in [0, 0.05) is 6.42 Å². The number of carbonyl (C=O) groups excluding carboxylic acids is 1. The van der Waals surface area contributed by atoms with Crippen LogP contribution in [-0.4, -0.2) is 35.5 Å². The molecule has 0 spiro atoms. The lowest BCUT2D eigenvalue weighted by Gasteiger charge is -2.12. The predicted octanol–water partition coefficient (Wildman–Crippen LogP) is 10.9. The Morgan fingerprint density at radius 2 is 0.829 bits per heavy atom. The average molecular weight is 579 g/mol. The quantitative estimate of drug-likeness (QED) is 0.0462. The largest absolute Gasteiger partial charge is 0.457 e. The van der Waals surface area contributed by atoms with E-state index < -0.39 is 6.10 Å². The van der Waals surface area contributed by atoms with E-state index in [0.717, 1.165) is 12.8 Å². The summed E-state index contributed by atoms with van der Waals surface area (Å²) in [5.74, 6) is -0.315. The zero-order valence-corrected chi connectivity index (χ0v) is 27.3. The average Bonchev–Trinajstić information content (AvgIpc) is 2.98. The third-order valence-electron chi connectivity index (χ3n) is 8.06. The molecular formula is C37H70O4. The maximum Gasteiger partial charge on any atom is 0.306 e. The van der Waals surface area contributed by atoms with Crippen molar-refractivity contribution in [2.24, 2.45) is 0 Å². The summed E-state index contributed by atoms with van der Waals surface area (Å²) in [6.45, 7) is 1.64. The van der Waals surface area contributed by atoms with Crippen molar-refractivity contribution in [3.8, 4) is 0 Å². The van der Waals surface area contributed by atoms with Crippen LogP contribution >= 0.6 is 0 Å².